The van der Waals surface area contributed by atoms with Gasteiger partial charge in [-0.15, -0.1) is 0 Å². The van der Waals surface area contributed by atoms with Crippen LogP contribution in [0.2, 0.25) is 5.15 Å². The number of nitrogens with one attached hydrogen (secondary N) is 1. The molecule has 0 aliphatic heterocycles. The number of aryl methyl sites for hydroxylation is 2. The zero-order chi connectivity index (χ0) is 20.0. The average Bonchev–Trinajstić information content (AvgIpc) is 2.86. The van der Waals surface area contributed by atoms with Gasteiger partial charge in [0.15, 0.2) is 6.61 Å². The number of primary amides is 1. The molecule has 0 aliphatic carbocycles. The van der Waals surface area contributed by atoms with Crippen LogP contribution in [0.25, 0.3) is 6.08 Å². The number of hydrogen-bond acceptors (Lipinski definition) is 5. The Kier molecular flexibility index (Phi) is 6.73. The number of hydrogen-bond donors (Lipinski definition) is 2. The number of carbonyl (C=O) groups excluding carboxylic acids is 3. The molecule has 3 N–H and O–H groups in total. The van der Waals surface area contributed by atoms with Crippen LogP contribution in [0.1, 0.15) is 22.4 Å². The Balaban J connectivity index is 2.01. The number of nitrogens with zero attached hydrogens (tertiary/aromatic N) is 2. The molecule has 0 radical (unpaired) electrons. The van der Waals surface area contributed by atoms with Crippen LogP contribution in [-0.4, -0.2) is 34.3 Å². The predicted octanol–water partition coefficient (Wildman–Crippen LogP) is 1.95. The number of imide groups is 1. The zero-order valence-electron chi connectivity index (χ0n) is 14.9. The SMILES string of the molecule is Cc1ccc(Cn2nc(C)c(/C=C/C(=O)OCC(=O)NC(N)=O)c2Cl)cc1. The maximum atomic E-state index is 11.7. The number of esters is 1. The number of benzene rings is 1. The summed E-state index contributed by atoms with van der Waals surface area (Å²) < 4.78 is 6.34. The van der Waals surface area contributed by atoms with E-state index in [4.69, 9.17) is 22.1 Å². The Hall–Kier alpha value is -3.13. The molecule has 9 heteroatoms. The van der Waals surface area contributed by atoms with Crippen LogP contribution in [-0.2, 0) is 20.9 Å². The van der Waals surface area contributed by atoms with Crippen molar-refractivity contribution in [3.05, 3.63) is 57.9 Å². The molecule has 1 heterocycles. The van der Waals surface area contributed by atoms with Crippen molar-refractivity contribution in [1.82, 2.24) is 15.1 Å². The number of aromatic nitrogens is 2. The molecule has 27 heavy (non-hydrogen) atoms. The van der Waals surface area contributed by atoms with Crippen molar-refractivity contribution >= 4 is 35.6 Å². The van der Waals surface area contributed by atoms with Crippen molar-refractivity contribution in [1.29, 1.82) is 0 Å². The number of halogens is 1. The molecule has 0 spiro atoms. The van der Waals surface area contributed by atoms with E-state index in [2.05, 4.69) is 5.10 Å². The van der Waals surface area contributed by atoms with Gasteiger partial charge >= 0.3 is 12.0 Å². The van der Waals surface area contributed by atoms with Crippen molar-refractivity contribution in [2.45, 2.75) is 20.4 Å². The molecule has 0 aliphatic rings. The molecule has 0 fully saturated rings. The van der Waals surface area contributed by atoms with E-state index in [1.165, 1.54) is 6.08 Å². The molecular weight excluding hydrogens is 372 g/mol. The fraction of sp³-hybridized carbons (Fsp3) is 0.222. The van der Waals surface area contributed by atoms with Crippen LogP contribution in [0.3, 0.4) is 0 Å². The third-order valence-electron chi connectivity index (χ3n) is 3.56. The number of ether oxygens (including phenoxy) is 1. The number of carbonyl (C=O) groups is 3. The smallest absolute Gasteiger partial charge is 0.331 e. The standard InChI is InChI=1S/C18H19ClN4O4/c1-11-3-5-13(6-4-11)9-23-17(19)14(12(2)22-23)7-8-16(25)27-10-15(24)21-18(20)26/h3-8H,9-10H2,1-2H3,(H3,20,21,24,26)/b8-7+. The molecule has 0 bridgehead atoms. The van der Waals surface area contributed by atoms with Crippen LogP contribution >= 0.6 is 11.6 Å². The second-order valence-corrected chi connectivity index (χ2v) is 6.14. The molecule has 8 nitrogen and oxygen atoms in total. The highest BCUT2D eigenvalue weighted by Crippen LogP contribution is 2.22. The molecule has 1 aromatic carbocycles. The van der Waals surface area contributed by atoms with E-state index >= 15 is 0 Å². The lowest BCUT2D eigenvalue weighted by Gasteiger charge is -2.04. The maximum absolute atomic E-state index is 11.7. The molecule has 0 saturated heterocycles. The van der Waals surface area contributed by atoms with Crippen molar-refractivity contribution < 1.29 is 19.1 Å². The van der Waals surface area contributed by atoms with Crippen molar-refractivity contribution in [3.8, 4) is 0 Å². The summed E-state index contributed by atoms with van der Waals surface area (Å²) in [6.45, 7) is 3.65. The summed E-state index contributed by atoms with van der Waals surface area (Å²) in [4.78, 5) is 33.4. The highest BCUT2D eigenvalue weighted by atomic mass is 35.5. The van der Waals surface area contributed by atoms with Crippen molar-refractivity contribution in [2.75, 3.05) is 6.61 Å². The van der Waals surface area contributed by atoms with Crippen molar-refractivity contribution in [2.24, 2.45) is 5.73 Å². The minimum atomic E-state index is -1.02. The normalized spacial score (nSPS) is 10.8. The summed E-state index contributed by atoms with van der Waals surface area (Å²) in [7, 11) is 0. The molecule has 3 amide bonds. The molecule has 142 valence electrons. The zero-order valence-corrected chi connectivity index (χ0v) is 15.6. The first-order valence-corrected chi connectivity index (χ1v) is 8.36. The van der Waals surface area contributed by atoms with E-state index in [9.17, 15) is 14.4 Å². The lowest BCUT2D eigenvalue weighted by Crippen LogP contribution is -2.37. The highest BCUT2D eigenvalue weighted by Gasteiger charge is 2.12. The molecule has 0 atom stereocenters. The summed E-state index contributed by atoms with van der Waals surface area (Å²) in [5, 5.41) is 6.54. The lowest BCUT2D eigenvalue weighted by molar-refractivity contribution is -0.143. The Labute approximate surface area is 160 Å². The second-order valence-electron chi connectivity index (χ2n) is 5.79. The van der Waals surface area contributed by atoms with Gasteiger partial charge in [0, 0.05) is 11.6 Å². The number of urea groups is 1. The summed E-state index contributed by atoms with van der Waals surface area (Å²) in [5.41, 5.74) is 8.20. The lowest BCUT2D eigenvalue weighted by atomic mass is 10.1. The second kappa shape index (κ2) is 9.00. The fourth-order valence-electron chi connectivity index (χ4n) is 2.24. The monoisotopic (exact) mass is 390 g/mol. The van der Waals surface area contributed by atoms with E-state index in [1.807, 2.05) is 31.2 Å². The predicted molar refractivity (Wildman–Crippen MR) is 100.0 cm³/mol. The fourth-order valence-corrected chi connectivity index (χ4v) is 2.53. The maximum Gasteiger partial charge on any atom is 0.331 e. The van der Waals surface area contributed by atoms with E-state index in [-0.39, 0.29) is 0 Å². The van der Waals surface area contributed by atoms with Crippen LogP contribution in [0, 0.1) is 13.8 Å². The van der Waals surface area contributed by atoms with Gasteiger partial charge < -0.3 is 10.5 Å². The highest BCUT2D eigenvalue weighted by molar-refractivity contribution is 6.31. The minimum absolute atomic E-state index is 0.378. The third-order valence-corrected chi connectivity index (χ3v) is 3.96. The van der Waals surface area contributed by atoms with E-state index in [1.54, 1.807) is 16.9 Å². The van der Waals surface area contributed by atoms with Crippen molar-refractivity contribution in [3.63, 3.8) is 0 Å². The summed E-state index contributed by atoms with van der Waals surface area (Å²) in [6.07, 6.45) is 2.59. The molecular formula is C18H19ClN4O4. The number of nitrogens with two attached hydrogens (primary N) is 1. The Morgan fingerprint density at radius 2 is 1.93 bits per heavy atom. The first-order valence-electron chi connectivity index (χ1n) is 7.99. The molecule has 0 saturated carbocycles. The van der Waals surface area contributed by atoms with Crippen LogP contribution < -0.4 is 11.1 Å². The van der Waals surface area contributed by atoms with Gasteiger partial charge in [-0.3, -0.25) is 10.1 Å². The number of rotatable bonds is 6. The number of amides is 3. The van der Waals surface area contributed by atoms with Gasteiger partial charge in [-0.25, -0.2) is 14.3 Å². The summed E-state index contributed by atoms with van der Waals surface area (Å²) in [6, 6.07) is 6.98. The van der Waals surface area contributed by atoms with Gasteiger partial charge in [0.1, 0.15) is 5.15 Å². The van der Waals surface area contributed by atoms with Crippen LogP contribution in [0.15, 0.2) is 30.3 Å². The van der Waals surface area contributed by atoms with Gasteiger partial charge in [0.2, 0.25) is 0 Å². The van der Waals surface area contributed by atoms with Crippen LogP contribution in [0.5, 0.6) is 0 Å². The van der Waals surface area contributed by atoms with Gasteiger partial charge in [-0.05, 0) is 25.5 Å². The molecule has 0 unspecified atom stereocenters. The van der Waals surface area contributed by atoms with Gasteiger partial charge in [-0.1, -0.05) is 41.4 Å². The van der Waals surface area contributed by atoms with Gasteiger partial charge in [0.05, 0.1) is 12.2 Å². The minimum Gasteiger partial charge on any atom is -0.452 e. The Bertz CT molecular complexity index is 888. The largest absolute Gasteiger partial charge is 0.452 e. The first-order chi connectivity index (χ1) is 12.8. The van der Waals surface area contributed by atoms with Gasteiger partial charge in [0.25, 0.3) is 5.91 Å². The average molecular weight is 391 g/mol. The van der Waals surface area contributed by atoms with E-state index in [0.717, 1.165) is 17.2 Å². The topological polar surface area (TPSA) is 116 Å². The first kappa shape index (κ1) is 20.2. The summed E-state index contributed by atoms with van der Waals surface area (Å²) in [5.74, 6) is -1.58. The Morgan fingerprint density at radius 1 is 1.26 bits per heavy atom. The van der Waals surface area contributed by atoms with Crippen LogP contribution in [0.4, 0.5) is 4.79 Å². The quantitative estimate of drug-likeness (QED) is 0.577. The molecule has 2 aromatic rings. The summed E-state index contributed by atoms with van der Waals surface area (Å²) >= 11 is 6.36. The molecule has 1 aromatic heterocycles. The third kappa shape index (κ3) is 5.96. The van der Waals surface area contributed by atoms with E-state index in [0.29, 0.717) is 23.0 Å². The van der Waals surface area contributed by atoms with E-state index < -0.39 is 24.5 Å². The molecule has 2 rings (SSSR count). The Morgan fingerprint density at radius 3 is 2.56 bits per heavy atom. The van der Waals surface area contributed by atoms with Gasteiger partial charge in [-0.2, -0.15) is 5.10 Å².